The summed E-state index contributed by atoms with van der Waals surface area (Å²) < 4.78 is 26.2. The molecule has 33 heavy (non-hydrogen) atoms. The first-order valence-corrected chi connectivity index (χ1v) is 10.8. The van der Waals surface area contributed by atoms with Crippen LogP contribution in [0.5, 0.6) is 17.6 Å². The molecule has 4 heterocycles. The van der Waals surface area contributed by atoms with Gasteiger partial charge in [-0.3, -0.25) is 0 Å². The minimum absolute atomic E-state index is 0.00484. The molecule has 2 aliphatic heterocycles. The van der Waals surface area contributed by atoms with Crippen molar-refractivity contribution in [1.29, 1.82) is 0 Å². The summed E-state index contributed by atoms with van der Waals surface area (Å²) >= 11 is 0. The fraction of sp³-hybridized carbons (Fsp3) is 0.435. The lowest BCUT2D eigenvalue weighted by atomic mass is 9.61. The molecule has 0 radical (unpaired) electrons. The lowest BCUT2D eigenvalue weighted by molar-refractivity contribution is -0.120. The first kappa shape index (κ1) is 21.4. The second kappa shape index (κ2) is 7.87. The highest BCUT2D eigenvalue weighted by atomic mass is 19.1. The summed E-state index contributed by atoms with van der Waals surface area (Å²) in [7, 11) is 1.47. The number of halogens is 1. The Kier molecular flexibility index (Phi) is 5.12. The van der Waals surface area contributed by atoms with Crippen molar-refractivity contribution in [1.82, 2.24) is 30.5 Å². The zero-order chi connectivity index (χ0) is 23.2. The summed E-state index contributed by atoms with van der Waals surface area (Å²) in [5.74, 6) is 0.629. The summed E-state index contributed by atoms with van der Waals surface area (Å²) in [5.41, 5.74) is 0.667. The van der Waals surface area contributed by atoms with Crippen LogP contribution >= 0.6 is 0 Å². The van der Waals surface area contributed by atoms with Gasteiger partial charge >= 0.3 is 6.01 Å². The number of hydrogen-bond acceptors (Lipinski definition) is 9. The van der Waals surface area contributed by atoms with E-state index in [0.717, 1.165) is 12.8 Å². The molecule has 3 aliphatic rings. The van der Waals surface area contributed by atoms with Crippen molar-refractivity contribution in [2.75, 3.05) is 13.7 Å². The maximum absolute atomic E-state index is 15.2. The molecule has 2 N–H and O–H groups in total. The SMILES string of the molecule is COc1ncnc(-c2ccc(-c3ccc(O[C@@H]4[C@H](F)[C@]5(C)CC[C@@]4(C)CN5)nn3)c(O)c2)n1. The van der Waals surface area contributed by atoms with E-state index in [9.17, 15) is 5.11 Å². The van der Waals surface area contributed by atoms with Crippen molar-refractivity contribution in [2.45, 2.75) is 44.5 Å². The predicted molar refractivity (Wildman–Crippen MR) is 118 cm³/mol. The molecular weight excluding hydrogens is 427 g/mol. The van der Waals surface area contributed by atoms with Gasteiger partial charge < -0.3 is 19.9 Å². The van der Waals surface area contributed by atoms with Gasteiger partial charge in [-0.2, -0.15) is 9.97 Å². The van der Waals surface area contributed by atoms with E-state index in [4.69, 9.17) is 9.47 Å². The van der Waals surface area contributed by atoms with E-state index >= 15 is 4.39 Å². The van der Waals surface area contributed by atoms with Gasteiger partial charge in [0, 0.05) is 29.2 Å². The Morgan fingerprint density at radius 3 is 2.64 bits per heavy atom. The Morgan fingerprint density at radius 1 is 1.12 bits per heavy atom. The summed E-state index contributed by atoms with van der Waals surface area (Å²) in [6.45, 7) is 4.65. The molecule has 0 spiro atoms. The second-order valence-corrected chi connectivity index (χ2v) is 9.15. The van der Waals surface area contributed by atoms with Gasteiger partial charge in [0.15, 0.2) is 12.0 Å². The zero-order valence-electron chi connectivity index (χ0n) is 18.6. The van der Waals surface area contributed by atoms with Crippen molar-refractivity contribution in [3.63, 3.8) is 0 Å². The summed E-state index contributed by atoms with van der Waals surface area (Å²) in [5, 5.41) is 22.2. The number of benzene rings is 1. The molecule has 0 amide bonds. The zero-order valence-corrected chi connectivity index (χ0v) is 18.6. The van der Waals surface area contributed by atoms with Crippen LogP contribution < -0.4 is 14.8 Å². The van der Waals surface area contributed by atoms with Crippen LogP contribution in [0.4, 0.5) is 4.39 Å². The summed E-state index contributed by atoms with van der Waals surface area (Å²) in [6, 6.07) is 8.54. The Labute approximate surface area is 190 Å². The number of rotatable bonds is 5. The van der Waals surface area contributed by atoms with Crippen LogP contribution in [0, 0.1) is 5.41 Å². The molecule has 9 nitrogen and oxygen atoms in total. The fourth-order valence-corrected chi connectivity index (χ4v) is 4.56. The number of alkyl halides is 1. The van der Waals surface area contributed by atoms with E-state index in [-0.39, 0.29) is 23.1 Å². The third-order valence-corrected chi connectivity index (χ3v) is 6.82. The first-order valence-electron chi connectivity index (χ1n) is 10.8. The number of nitrogens with zero attached hydrogens (tertiary/aromatic N) is 5. The standard InChI is InChI=1S/C23H25FN6O3/c1-22-8-9-23(2,27-11-22)18(24)19(22)33-17-7-6-15(29-30-17)14-5-4-13(10-16(14)31)20-25-12-26-21(28-20)32-3/h4-7,10,12,18-19,27,31H,8-9,11H2,1-3H3/t18-,19+,22-,23-/m0/s1. The van der Waals surface area contributed by atoms with Crippen LogP contribution in [-0.4, -0.2) is 61.7 Å². The molecule has 0 unspecified atom stereocenters. The molecule has 10 heteroatoms. The highest BCUT2D eigenvalue weighted by Gasteiger charge is 2.58. The molecule has 1 aliphatic carbocycles. The number of fused-ring (bicyclic) bond motifs is 3. The molecule has 2 saturated heterocycles. The lowest BCUT2D eigenvalue weighted by Gasteiger charge is -2.56. The van der Waals surface area contributed by atoms with Crippen molar-refractivity contribution >= 4 is 0 Å². The quantitative estimate of drug-likeness (QED) is 0.603. The molecule has 3 aromatic rings. The van der Waals surface area contributed by atoms with Crippen molar-refractivity contribution in [3.05, 3.63) is 36.7 Å². The molecule has 3 fully saturated rings. The maximum atomic E-state index is 15.2. The van der Waals surface area contributed by atoms with Gasteiger partial charge in [0.05, 0.1) is 18.3 Å². The molecule has 2 aromatic heterocycles. The number of phenols is 1. The summed E-state index contributed by atoms with van der Waals surface area (Å²) in [6.07, 6.45) is 1.27. The molecule has 1 saturated carbocycles. The largest absolute Gasteiger partial charge is 0.507 e. The topological polar surface area (TPSA) is 115 Å². The Morgan fingerprint density at radius 2 is 1.97 bits per heavy atom. The van der Waals surface area contributed by atoms with Gasteiger partial charge in [0.2, 0.25) is 5.88 Å². The van der Waals surface area contributed by atoms with Crippen molar-refractivity contribution in [2.24, 2.45) is 5.41 Å². The van der Waals surface area contributed by atoms with Crippen LogP contribution in [0.3, 0.4) is 0 Å². The number of methoxy groups -OCH3 is 1. The molecule has 4 atom stereocenters. The van der Waals surface area contributed by atoms with Gasteiger partial charge in [-0.25, -0.2) is 9.37 Å². The molecular formula is C23H25FN6O3. The minimum Gasteiger partial charge on any atom is -0.507 e. The van der Waals surface area contributed by atoms with E-state index in [2.05, 4.69) is 30.5 Å². The van der Waals surface area contributed by atoms with E-state index in [0.29, 0.717) is 29.2 Å². The Balaban J connectivity index is 1.35. The van der Waals surface area contributed by atoms with Crippen molar-refractivity contribution in [3.8, 4) is 40.3 Å². The third-order valence-electron chi connectivity index (χ3n) is 6.82. The van der Waals surface area contributed by atoms with Crippen LogP contribution in [0.25, 0.3) is 22.6 Å². The summed E-state index contributed by atoms with van der Waals surface area (Å²) in [4.78, 5) is 12.2. The number of ether oxygens (including phenoxy) is 2. The molecule has 172 valence electrons. The fourth-order valence-electron chi connectivity index (χ4n) is 4.56. The normalized spacial score (nSPS) is 28.5. The van der Waals surface area contributed by atoms with E-state index < -0.39 is 17.8 Å². The number of phenolic OH excluding ortho intramolecular Hbond substituents is 1. The molecule has 2 bridgehead atoms. The number of hydrogen-bond donors (Lipinski definition) is 2. The predicted octanol–water partition coefficient (Wildman–Crippen LogP) is 2.96. The minimum atomic E-state index is -1.14. The monoisotopic (exact) mass is 452 g/mol. The van der Waals surface area contributed by atoms with Gasteiger partial charge in [0.25, 0.3) is 0 Å². The van der Waals surface area contributed by atoms with Gasteiger partial charge in [-0.1, -0.05) is 13.0 Å². The lowest BCUT2D eigenvalue weighted by Crippen LogP contribution is -2.72. The number of aromatic nitrogens is 5. The van der Waals surface area contributed by atoms with Crippen molar-refractivity contribution < 1.29 is 19.0 Å². The number of aromatic hydroxyl groups is 1. The Bertz CT molecular complexity index is 1170. The molecule has 1 aromatic carbocycles. The van der Waals surface area contributed by atoms with Gasteiger partial charge in [0.1, 0.15) is 18.2 Å². The van der Waals surface area contributed by atoms with E-state index in [1.165, 1.54) is 19.5 Å². The highest BCUT2D eigenvalue weighted by Crippen LogP contribution is 2.48. The van der Waals surface area contributed by atoms with Crippen LogP contribution in [0.2, 0.25) is 0 Å². The van der Waals surface area contributed by atoms with Crippen LogP contribution in [0.15, 0.2) is 36.7 Å². The average molecular weight is 452 g/mol. The smallest absolute Gasteiger partial charge is 0.319 e. The van der Waals surface area contributed by atoms with E-state index in [1.54, 1.807) is 24.3 Å². The third kappa shape index (κ3) is 3.74. The van der Waals surface area contributed by atoms with Gasteiger partial charge in [-0.05, 0) is 38.0 Å². The van der Waals surface area contributed by atoms with Crippen LogP contribution in [0.1, 0.15) is 26.7 Å². The average Bonchev–Trinajstić information content (AvgIpc) is 2.84. The van der Waals surface area contributed by atoms with Crippen LogP contribution in [-0.2, 0) is 0 Å². The van der Waals surface area contributed by atoms with E-state index in [1.807, 2.05) is 13.8 Å². The molecule has 6 rings (SSSR count). The van der Waals surface area contributed by atoms with Gasteiger partial charge in [-0.15, -0.1) is 10.2 Å². The second-order valence-electron chi connectivity index (χ2n) is 9.15. The maximum Gasteiger partial charge on any atom is 0.319 e. The number of nitrogens with one attached hydrogen (secondary N) is 1. The first-order chi connectivity index (χ1) is 15.8. The number of piperidine rings is 2. The Hall–Kier alpha value is -3.40. The highest BCUT2D eigenvalue weighted by molar-refractivity contribution is 5.71.